The van der Waals surface area contributed by atoms with E-state index in [1.54, 1.807) is 11.3 Å². The number of hydrogen-bond acceptors (Lipinski definition) is 4. The molecule has 0 bridgehead atoms. The molecule has 1 N–H and O–H groups in total. The van der Waals surface area contributed by atoms with E-state index in [-0.39, 0.29) is 12.5 Å². The number of rotatable bonds is 5. The number of nitrogens with one attached hydrogen (secondary N) is 1. The van der Waals surface area contributed by atoms with E-state index in [2.05, 4.69) is 20.7 Å². The number of amides is 1. The molecule has 22 heavy (non-hydrogen) atoms. The van der Waals surface area contributed by atoms with Crippen molar-refractivity contribution >= 4 is 23.2 Å². The molecule has 0 radical (unpaired) electrons. The second-order valence-electron chi connectivity index (χ2n) is 5.47. The number of carbonyl (C=O) groups excluding carboxylic acids is 1. The number of thiazole rings is 1. The van der Waals surface area contributed by atoms with Crippen molar-refractivity contribution < 1.29 is 4.79 Å². The third kappa shape index (κ3) is 4.69. The van der Waals surface area contributed by atoms with Gasteiger partial charge in [0.1, 0.15) is 6.54 Å². The standard InChI is InChI=1S/C15H25N5OS/c1-4-16-15(17-9-14(21)20-7-5-6-8-20)19(3)10-13-11-22-12(2)18-13/h11H,4-10H2,1-3H3,(H,16,17). The van der Waals surface area contributed by atoms with E-state index in [1.165, 1.54) is 0 Å². The highest BCUT2D eigenvalue weighted by Gasteiger charge is 2.18. The zero-order valence-corrected chi connectivity index (χ0v) is 14.4. The van der Waals surface area contributed by atoms with Crippen LogP contribution in [0.3, 0.4) is 0 Å². The van der Waals surface area contributed by atoms with Crippen LogP contribution in [0.1, 0.15) is 30.5 Å². The maximum atomic E-state index is 12.1. The van der Waals surface area contributed by atoms with Crippen molar-refractivity contribution in [1.82, 2.24) is 20.1 Å². The van der Waals surface area contributed by atoms with Crippen LogP contribution in [0.2, 0.25) is 0 Å². The van der Waals surface area contributed by atoms with Gasteiger partial charge in [0.05, 0.1) is 17.2 Å². The largest absolute Gasteiger partial charge is 0.357 e. The van der Waals surface area contributed by atoms with E-state index in [0.29, 0.717) is 6.54 Å². The number of aromatic nitrogens is 1. The highest BCUT2D eigenvalue weighted by molar-refractivity contribution is 7.09. The van der Waals surface area contributed by atoms with Gasteiger partial charge in [0.15, 0.2) is 5.96 Å². The molecule has 0 saturated carbocycles. The predicted octanol–water partition coefficient (Wildman–Crippen LogP) is 1.47. The summed E-state index contributed by atoms with van der Waals surface area (Å²) >= 11 is 1.65. The van der Waals surface area contributed by atoms with Crippen LogP contribution in [-0.4, -0.2) is 59.9 Å². The fourth-order valence-corrected chi connectivity index (χ4v) is 3.08. The van der Waals surface area contributed by atoms with Gasteiger partial charge in [-0.15, -0.1) is 11.3 Å². The minimum atomic E-state index is 0.116. The van der Waals surface area contributed by atoms with Gasteiger partial charge in [-0.3, -0.25) is 4.79 Å². The number of nitrogens with zero attached hydrogens (tertiary/aromatic N) is 4. The lowest BCUT2D eigenvalue weighted by atomic mass is 10.4. The minimum Gasteiger partial charge on any atom is -0.357 e. The number of likely N-dealkylation sites (tertiary alicyclic amines) is 1. The van der Waals surface area contributed by atoms with Crippen LogP contribution in [0.25, 0.3) is 0 Å². The Morgan fingerprint density at radius 2 is 2.23 bits per heavy atom. The van der Waals surface area contributed by atoms with E-state index in [4.69, 9.17) is 0 Å². The molecule has 0 atom stereocenters. The summed E-state index contributed by atoms with van der Waals surface area (Å²) in [5.41, 5.74) is 1.03. The molecule has 0 aromatic carbocycles. The molecule has 1 amide bonds. The molecular weight excluding hydrogens is 298 g/mol. The molecule has 0 spiro atoms. The highest BCUT2D eigenvalue weighted by atomic mass is 32.1. The summed E-state index contributed by atoms with van der Waals surface area (Å²) in [6, 6.07) is 0. The third-order valence-corrected chi connectivity index (χ3v) is 4.41. The molecule has 6 nitrogen and oxygen atoms in total. The van der Waals surface area contributed by atoms with Crippen LogP contribution in [-0.2, 0) is 11.3 Å². The lowest BCUT2D eigenvalue weighted by molar-refractivity contribution is -0.128. The van der Waals surface area contributed by atoms with Crippen molar-refractivity contribution in [3.8, 4) is 0 Å². The fourth-order valence-electron chi connectivity index (χ4n) is 2.48. The Morgan fingerprint density at radius 1 is 1.50 bits per heavy atom. The Kier molecular flexibility index (Phi) is 6.18. The van der Waals surface area contributed by atoms with Gasteiger partial charge < -0.3 is 15.1 Å². The van der Waals surface area contributed by atoms with E-state index < -0.39 is 0 Å². The number of aliphatic imine (C=N–C) groups is 1. The van der Waals surface area contributed by atoms with E-state index in [9.17, 15) is 4.79 Å². The lowest BCUT2D eigenvalue weighted by Crippen LogP contribution is -2.39. The van der Waals surface area contributed by atoms with Gasteiger partial charge in [0.2, 0.25) is 5.91 Å². The molecule has 1 aliphatic heterocycles. The summed E-state index contributed by atoms with van der Waals surface area (Å²) < 4.78 is 0. The Hall–Kier alpha value is -1.63. The van der Waals surface area contributed by atoms with Crippen LogP contribution in [0.15, 0.2) is 10.4 Å². The average molecular weight is 323 g/mol. The molecule has 2 heterocycles. The lowest BCUT2D eigenvalue weighted by Gasteiger charge is -2.21. The average Bonchev–Trinajstić information content (AvgIpc) is 3.14. The summed E-state index contributed by atoms with van der Waals surface area (Å²) in [7, 11) is 1.97. The van der Waals surface area contributed by atoms with Crippen molar-refractivity contribution in [2.45, 2.75) is 33.2 Å². The number of aryl methyl sites for hydroxylation is 1. The minimum absolute atomic E-state index is 0.116. The van der Waals surface area contributed by atoms with Crippen molar-refractivity contribution in [1.29, 1.82) is 0 Å². The summed E-state index contributed by atoms with van der Waals surface area (Å²) in [4.78, 5) is 25.0. The van der Waals surface area contributed by atoms with Crippen LogP contribution < -0.4 is 5.32 Å². The van der Waals surface area contributed by atoms with Crippen molar-refractivity contribution in [2.75, 3.05) is 33.2 Å². The first-order valence-electron chi connectivity index (χ1n) is 7.78. The molecule has 1 saturated heterocycles. The fraction of sp³-hybridized carbons (Fsp3) is 0.667. The second kappa shape index (κ2) is 8.12. The molecular formula is C15H25N5OS. The molecule has 7 heteroatoms. The number of guanidine groups is 1. The second-order valence-corrected chi connectivity index (χ2v) is 6.53. The molecule has 1 aromatic rings. The zero-order valence-electron chi connectivity index (χ0n) is 13.6. The molecule has 2 rings (SSSR count). The monoisotopic (exact) mass is 323 g/mol. The summed E-state index contributed by atoms with van der Waals surface area (Å²) in [6.45, 7) is 7.45. The third-order valence-electron chi connectivity index (χ3n) is 3.59. The van der Waals surface area contributed by atoms with Gasteiger partial charge in [-0.1, -0.05) is 0 Å². The summed E-state index contributed by atoms with van der Waals surface area (Å²) in [5, 5.41) is 6.36. The van der Waals surface area contributed by atoms with Gasteiger partial charge in [-0.25, -0.2) is 9.98 Å². The Bertz CT molecular complexity index is 522. The van der Waals surface area contributed by atoms with Crippen molar-refractivity contribution in [2.24, 2.45) is 4.99 Å². The predicted molar refractivity (Wildman–Crippen MR) is 90.1 cm³/mol. The normalized spacial score (nSPS) is 15.2. The molecule has 1 fully saturated rings. The smallest absolute Gasteiger partial charge is 0.244 e. The van der Waals surface area contributed by atoms with Crippen LogP contribution in [0.4, 0.5) is 0 Å². The maximum absolute atomic E-state index is 12.1. The van der Waals surface area contributed by atoms with Crippen molar-refractivity contribution in [3.05, 3.63) is 16.1 Å². The van der Waals surface area contributed by atoms with Crippen LogP contribution >= 0.6 is 11.3 Å². The van der Waals surface area contributed by atoms with Gasteiger partial charge in [-0.2, -0.15) is 0 Å². The van der Waals surface area contributed by atoms with Crippen LogP contribution in [0.5, 0.6) is 0 Å². The van der Waals surface area contributed by atoms with Crippen molar-refractivity contribution in [3.63, 3.8) is 0 Å². The molecule has 1 aliphatic rings. The Balaban J connectivity index is 1.94. The first-order valence-corrected chi connectivity index (χ1v) is 8.66. The van der Waals surface area contributed by atoms with E-state index >= 15 is 0 Å². The van der Waals surface area contributed by atoms with E-state index in [1.807, 2.05) is 30.7 Å². The Labute approximate surface area is 136 Å². The topological polar surface area (TPSA) is 60.8 Å². The van der Waals surface area contributed by atoms with Gasteiger partial charge >= 0.3 is 0 Å². The van der Waals surface area contributed by atoms with Gasteiger partial charge in [0.25, 0.3) is 0 Å². The first kappa shape index (κ1) is 16.7. The van der Waals surface area contributed by atoms with Gasteiger partial charge in [0, 0.05) is 32.1 Å². The number of carbonyl (C=O) groups is 1. The van der Waals surface area contributed by atoms with Gasteiger partial charge in [-0.05, 0) is 26.7 Å². The molecule has 1 aromatic heterocycles. The SMILES string of the molecule is CCNC(=NCC(=O)N1CCCC1)N(C)Cc1csc(C)n1. The quantitative estimate of drug-likeness (QED) is 0.658. The summed E-state index contributed by atoms with van der Waals surface area (Å²) in [5.74, 6) is 0.867. The summed E-state index contributed by atoms with van der Waals surface area (Å²) in [6.07, 6.45) is 2.22. The highest BCUT2D eigenvalue weighted by Crippen LogP contribution is 2.10. The van der Waals surface area contributed by atoms with Crippen LogP contribution in [0, 0.1) is 6.92 Å². The Morgan fingerprint density at radius 3 is 2.82 bits per heavy atom. The molecule has 0 unspecified atom stereocenters. The number of hydrogen-bond donors (Lipinski definition) is 1. The molecule has 122 valence electrons. The maximum Gasteiger partial charge on any atom is 0.244 e. The first-order chi connectivity index (χ1) is 10.6. The zero-order chi connectivity index (χ0) is 15.9. The van der Waals surface area contributed by atoms with E-state index in [0.717, 1.165) is 49.1 Å². The molecule has 0 aliphatic carbocycles.